The van der Waals surface area contributed by atoms with E-state index in [1.807, 2.05) is 50.2 Å². The molecule has 2 aromatic heterocycles. The van der Waals surface area contributed by atoms with Crippen molar-refractivity contribution in [3.05, 3.63) is 75.7 Å². The van der Waals surface area contributed by atoms with E-state index in [4.69, 9.17) is 0 Å². The maximum Gasteiger partial charge on any atom is 0.277 e. The molecular weight excluding hydrogens is 354 g/mol. The van der Waals surface area contributed by atoms with Crippen LogP contribution in [0.25, 0.3) is 16.6 Å². The zero-order valence-electron chi connectivity index (χ0n) is 15.8. The molecule has 7 heteroatoms. The molecule has 0 spiro atoms. The molecule has 28 heavy (non-hydrogen) atoms. The largest absolute Gasteiger partial charge is 0.348 e. The second-order valence-electron chi connectivity index (χ2n) is 7.07. The van der Waals surface area contributed by atoms with Crippen LogP contribution in [0.4, 0.5) is 0 Å². The van der Waals surface area contributed by atoms with Crippen LogP contribution >= 0.6 is 0 Å². The molecule has 2 heterocycles. The van der Waals surface area contributed by atoms with Crippen LogP contribution in [0, 0.1) is 6.92 Å². The Kier molecular flexibility index (Phi) is 4.65. The highest BCUT2D eigenvalue weighted by atomic mass is 16.2. The van der Waals surface area contributed by atoms with Crippen LogP contribution in [0.3, 0.4) is 0 Å². The van der Waals surface area contributed by atoms with E-state index in [1.165, 1.54) is 10.1 Å². The van der Waals surface area contributed by atoms with Crippen molar-refractivity contribution in [2.75, 3.05) is 0 Å². The molecule has 0 bridgehead atoms. The van der Waals surface area contributed by atoms with Crippen LogP contribution in [0.1, 0.15) is 35.0 Å². The molecule has 0 unspecified atom stereocenters. The van der Waals surface area contributed by atoms with Gasteiger partial charge in [-0.1, -0.05) is 41.6 Å². The molecule has 7 nitrogen and oxygen atoms in total. The lowest BCUT2D eigenvalue weighted by Crippen LogP contribution is -2.33. The predicted molar refractivity (Wildman–Crippen MR) is 108 cm³/mol. The first-order valence-electron chi connectivity index (χ1n) is 9.26. The number of H-pyrrole nitrogens is 1. The Morgan fingerprint density at radius 3 is 2.79 bits per heavy atom. The number of aromatic nitrogens is 4. The lowest BCUT2D eigenvalue weighted by molar-refractivity contribution is 0.0935. The maximum atomic E-state index is 12.7. The summed E-state index contributed by atoms with van der Waals surface area (Å²) >= 11 is 0. The predicted octanol–water partition coefficient (Wildman–Crippen LogP) is 2.63. The van der Waals surface area contributed by atoms with E-state index in [-0.39, 0.29) is 22.8 Å². The van der Waals surface area contributed by atoms with E-state index in [9.17, 15) is 9.59 Å². The van der Waals surface area contributed by atoms with Crippen LogP contribution in [0.15, 0.2) is 53.3 Å². The van der Waals surface area contributed by atoms with Gasteiger partial charge >= 0.3 is 0 Å². The molecule has 2 N–H and O–H groups in total. The van der Waals surface area contributed by atoms with Gasteiger partial charge in [0.05, 0.1) is 11.0 Å². The van der Waals surface area contributed by atoms with Crippen molar-refractivity contribution in [2.24, 2.45) is 0 Å². The summed E-state index contributed by atoms with van der Waals surface area (Å²) in [5.41, 5.74) is 3.41. The van der Waals surface area contributed by atoms with Gasteiger partial charge in [0.1, 0.15) is 0 Å². The maximum absolute atomic E-state index is 12.7. The number of carbonyl (C=O) groups excluding carboxylic acids is 1. The molecule has 0 aliphatic heterocycles. The number of hydrogen-bond donors (Lipinski definition) is 2. The molecule has 2 aromatic carbocycles. The first-order chi connectivity index (χ1) is 13.5. The molecule has 1 atom stereocenters. The molecule has 0 aliphatic rings. The number of hydrogen-bond acceptors (Lipinski definition) is 4. The number of carbonyl (C=O) groups is 1. The summed E-state index contributed by atoms with van der Waals surface area (Å²) in [6.45, 7) is 3.88. The molecule has 4 rings (SSSR count). The van der Waals surface area contributed by atoms with Crippen molar-refractivity contribution in [1.29, 1.82) is 0 Å². The van der Waals surface area contributed by atoms with Crippen LogP contribution in [-0.2, 0) is 6.42 Å². The summed E-state index contributed by atoms with van der Waals surface area (Å²) in [5, 5.41) is 10.9. The monoisotopic (exact) mass is 375 g/mol. The van der Waals surface area contributed by atoms with E-state index < -0.39 is 5.91 Å². The van der Waals surface area contributed by atoms with Gasteiger partial charge in [0.2, 0.25) is 0 Å². The number of rotatable bonds is 5. The number of aryl methyl sites for hydroxylation is 2. The Bertz CT molecular complexity index is 1210. The first kappa shape index (κ1) is 17.9. The second-order valence-corrected chi connectivity index (χ2v) is 7.07. The SMILES string of the molecule is Cc1ccc2c(c1)[nH]c(=O)c1c(C(=O)N[C@H](C)CCc3ccccc3)nnn12. The third-order valence-corrected chi connectivity index (χ3v) is 4.82. The van der Waals surface area contributed by atoms with Gasteiger partial charge in [-0.2, -0.15) is 0 Å². The average molecular weight is 375 g/mol. The fourth-order valence-corrected chi connectivity index (χ4v) is 3.32. The molecule has 4 aromatic rings. The average Bonchev–Trinajstić information content (AvgIpc) is 3.13. The third kappa shape index (κ3) is 3.38. The minimum Gasteiger partial charge on any atom is -0.348 e. The Morgan fingerprint density at radius 1 is 1.21 bits per heavy atom. The number of aromatic amines is 1. The number of benzene rings is 2. The van der Waals surface area contributed by atoms with Crippen LogP contribution < -0.4 is 10.9 Å². The van der Waals surface area contributed by atoms with Gasteiger partial charge in [0, 0.05) is 6.04 Å². The summed E-state index contributed by atoms with van der Waals surface area (Å²) in [6, 6.07) is 15.7. The molecule has 0 saturated carbocycles. The Hall–Kier alpha value is -3.48. The van der Waals surface area contributed by atoms with Crippen LogP contribution in [-0.4, -0.2) is 31.8 Å². The number of nitrogens with one attached hydrogen (secondary N) is 2. The van der Waals surface area contributed by atoms with Gasteiger partial charge in [0.15, 0.2) is 11.2 Å². The molecule has 0 saturated heterocycles. The van der Waals surface area contributed by atoms with Gasteiger partial charge in [0.25, 0.3) is 11.5 Å². The van der Waals surface area contributed by atoms with Gasteiger partial charge in [-0.25, -0.2) is 4.52 Å². The zero-order chi connectivity index (χ0) is 19.7. The Balaban J connectivity index is 1.57. The highest BCUT2D eigenvalue weighted by Gasteiger charge is 2.21. The number of nitrogens with zero attached hydrogens (tertiary/aromatic N) is 3. The van der Waals surface area contributed by atoms with E-state index in [0.29, 0.717) is 11.0 Å². The van der Waals surface area contributed by atoms with Crippen molar-refractivity contribution in [3.63, 3.8) is 0 Å². The minimum absolute atomic E-state index is 0.0373. The normalized spacial score (nSPS) is 12.4. The molecular formula is C21H21N5O2. The summed E-state index contributed by atoms with van der Waals surface area (Å²) in [6.07, 6.45) is 1.64. The van der Waals surface area contributed by atoms with Gasteiger partial charge < -0.3 is 10.3 Å². The molecule has 0 fully saturated rings. The molecule has 1 amide bonds. The highest BCUT2D eigenvalue weighted by Crippen LogP contribution is 2.15. The second kappa shape index (κ2) is 7.26. The molecule has 142 valence electrons. The van der Waals surface area contributed by atoms with Crippen molar-refractivity contribution < 1.29 is 4.79 Å². The highest BCUT2D eigenvalue weighted by molar-refractivity contribution is 5.99. The van der Waals surface area contributed by atoms with Crippen molar-refractivity contribution in [2.45, 2.75) is 32.7 Å². The summed E-state index contributed by atoms with van der Waals surface area (Å²) in [5.74, 6) is -0.396. The lowest BCUT2D eigenvalue weighted by atomic mass is 10.1. The Labute approximate surface area is 161 Å². The van der Waals surface area contributed by atoms with E-state index in [2.05, 4.69) is 32.7 Å². The smallest absolute Gasteiger partial charge is 0.277 e. The minimum atomic E-state index is -0.396. The van der Waals surface area contributed by atoms with Crippen LogP contribution in [0.2, 0.25) is 0 Å². The number of amides is 1. The summed E-state index contributed by atoms with van der Waals surface area (Å²) in [7, 11) is 0. The first-order valence-corrected chi connectivity index (χ1v) is 9.26. The van der Waals surface area contributed by atoms with Gasteiger partial charge in [-0.15, -0.1) is 5.10 Å². The third-order valence-electron chi connectivity index (χ3n) is 4.82. The topological polar surface area (TPSA) is 92.1 Å². The van der Waals surface area contributed by atoms with Gasteiger partial charge in [-0.3, -0.25) is 9.59 Å². The Morgan fingerprint density at radius 2 is 2.00 bits per heavy atom. The van der Waals surface area contributed by atoms with E-state index in [0.717, 1.165) is 18.4 Å². The number of fused-ring (bicyclic) bond motifs is 3. The lowest BCUT2D eigenvalue weighted by Gasteiger charge is -2.13. The quantitative estimate of drug-likeness (QED) is 0.561. The zero-order valence-corrected chi connectivity index (χ0v) is 15.8. The molecule has 0 aliphatic carbocycles. The summed E-state index contributed by atoms with van der Waals surface area (Å²) in [4.78, 5) is 28.1. The fourth-order valence-electron chi connectivity index (χ4n) is 3.32. The molecule has 0 radical (unpaired) electrons. The summed E-state index contributed by atoms with van der Waals surface area (Å²) < 4.78 is 1.43. The van der Waals surface area contributed by atoms with Crippen LogP contribution in [0.5, 0.6) is 0 Å². The van der Waals surface area contributed by atoms with Gasteiger partial charge in [-0.05, 0) is 49.9 Å². The van der Waals surface area contributed by atoms with Crippen molar-refractivity contribution >= 4 is 22.5 Å². The van der Waals surface area contributed by atoms with E-state index in [1.54, 1.807) is 0 Å². The fraction of sp³-hybridized carbons (Fsp3) is 0.238. The van der Waals surface area contributed by atoms with Crippen molar-refractivity contribution in [1.82, 2.24) is 25.1 Å². The standard InChI is InChI=1S/C21H21N5O2/c1-13-8-11-17-16(12-13)23-21(28)19-18(24-25-26(17)19)20(27)22-14(2)9-10-15-6-4-3-5-7-15/h3-8,11-12,14H,9-10H2,1-2H3,(H,22,27)(H,23,28)/t14-/m1/s1. The van der Waals surface area contributed by atoms with E-state index >= 15 is 0 Å². The van der Waals surface area contributed by atoms with Crippen molar-refractivity contribution in [3.8, 4) is 0 Å².